The average molecular weight is 231 g/mol. The summed E-state index contributed by atoms with van der Waals surface area (Å²) in [4.78, 5) is 5.06. The van der Waals surface area contributed by atoms with E-state index in [1.807, 2.05) is 0 Å². The Balaban J connectivity index is 1.77. The topological polar surface area (TPSA) is 6.48 Å². The standard InChI is InChI=1S/C12H23ClN2/c1-12(9-13)4-6-15(10-12)8-11-3-5-14(2)7-11/h11H,3-10H2,1-2H3. The quantitative estimate of drug-likeness (QED) is 0.684. The van der Waals surface area contributed by atoms with E-state index in [0.29, 0.717) is 5.41 Å². The Morgan fingerprint density at radius 1 is 1.40 bits per heavy atom. The molecular weight excluding hydrogens is 208 g/mol. The van der Waals surface area contributed by atoms with E-state index in [9.17, 15) is 0 Å². The molecule has 0 spiro atoms. The number of hydrogen-bond donors (Lipinski definition) is 0. The molecule has 88 valence electrons. The van der Waals surface area contributed by atoms with Crippen LogP contribution in [0.25, 0.3) is 0 Å². The molecule has 0 amide bonds. The maximum atomic E-state index is 6.02. The summed E-state index contributed by atoms with van der Waals surface area (Å²) in [6.07, 6.45) is 2.66. The summed E-state index contributed by atoms with van der Waals surface area (Å²) in [6, 6.07) is 0. The van der Waals surface area contributed by atoms with Gasteiger partial charge in [0.05, 0.1) is 0 Å². The van der Waals surface area contributed by atoms with Gasteiger partial charge in [-0.3, -0.25) is 0 Å². The summed E-state index contributed by atoms with van der Waals surface area (Å²) in [7, 11) is 2.23. The number of nitrogens with zero attached hydrogens (tertiary/aromatic N) is 2. The smallest absolute Gasteiger partial charge is 0.0290 e. The minimum atomic E-state index is 0.381. The van der Waals surface area contributed by atoms with Crippen molar-refractivity contribution in [2.45, 2.75) is 19.8 Å². The lowest BCUT2D eigenvalue weighted by Crippen LogP contribution is -2.31. The number of alkyl halides is 1. The van der Waals surface area contributed by atoms with Crippen LogP contribution in [0, 0.1) is 11.3 Å². The van der Waals surface area contributed by atoms with Gasteiger partial charge in [0.25, 0.3) is 0 Å². The Morgan fingerprint density at radius 3 is 2.73 bits per heavy atom. The van der Waals surface area contributed by atoms with Crippen molar-refractivity contribution in [1.29, 1.82) is 0 Å². The van der Waals surface area contributed by atoms with Crippen molar-refractivity contribution in [2.75, 3.05) is 45.7 Å². The zero-order valence-corrected chi connectivity index (χ0v) is 10.8. The third kappa shape index (κ3) is 2.86. The highest BCUT2D eigenvalue weighted by Crippen LogP contribution is 2.32. The second-order valence-electron chi connectivity index (χ2n) is 5.85. The van der Waals surface area contributed by atoms with Gasteiger partial charge in [-0.15, -0.1) is 11.6 Å². The lowest BCUT2D eigenvalue weighted by Gasteiger charge is -2.23. The van der Waals surface area contributed by atoms with Crippen LogP contribution in [0.4, 0.5) is 0 Å². The Labute approximate surface area is 98.6 Å². The van der Waals surface area contributed by atoms with Gasteiger partial charge in [0.2, 0.25) is 0 Å². The van der Waals surface area contributed by atoms with E-state index in [0.717, 1.165) is 11.8 Å². The molecule has 2 heterocycles. The lowest BCUT2D eigenvalue weighted by molar-refractivity contribution is 0.249. The van der Waals surface area contributed by atoms with E-state index in [1.165, 1.54) is 45.6 Å². The van der Waals surface area contributed by atoms with Crippen molar-refractivity contribution in [3.8, 4) is 0 Å². The van der Waals surface area contributed by atoms with E-state index in [1.54, 1.807) is 0 Å². The Hall–Kier alpha value is 0.210. The summed E-state index contributed by atoms with van der Waals surface area (Å²) in [5, 5.41) is 0. The molecule has 0 aromatic heterocycles. The van der Waals surface area contributed by atoms with Crippen molar-refractivity contribution in [1.82, 2.24) is 9.80 Å². The first-order valence-electron chi connectivity index (χ1n) is 6.08. The predicted molar refractivity (Wildman–Crippen MR) is 65.5 cm³/mol. The zero-order valence-electron chi connectivity index (χ0n) is 10.0. The van der Waals surface area contributed by atoms with Crippen molar-refractivity contribution < 1.29 is 0 Å². The second-order valence-corrected chi connectivity index (χ2v) is 6.11. The fourth-order valence-electron chi connectivity index (χ4n) is 2.93. The minimum absolute atomic E-state index is 0.381. The molecule has 0 bridgehead atoms. The van der Waals surface area contributed by atoms with Gasteiger partial charge in [0, 0.05) is 25.5 Å². The Morgan fingerprint density at radius 2 is 2.20 bits per heavy atom. The highest BCUT2D eigenvalue weighted by Gasteiger charge is 2.34. The normalized spacial score (nSPS) is 39.0. The van der Waals surface area contributed by atoms with Gasteiger partial charge in [-0.1, -0.05) is 6.92 Å². The van der Waals surface area contributed by atoms with E-state index in [2.05, 4.69) is 23.8 Å². The van der Waals surface area contributed by atoms with Gasteiger partial charge >= 0.3 is 0 Å². The van der Waals surface area contributed by atoms with Crippen LogP contribution in [0.1, 0.15) is 19.8 Å². The van der Waals surface area contributed by atoms with E-state index in [-0.39, 0.29) is 0 Å². The molecule has 0 aromatic rings. The lowest BCUT2D eigenvalue weighted by atomic mass is 9.93. The van der Waals surface area contributed by atoms with Crippen LogP contribution in [0.15, 0.2) is 0 Å². The van der Waals surface area contributed by atoms with Crippen molar-refractivity contribution in [3.05, 3.63) is 0 Å². The Bertz CT molecular complexity index is 222. The maximum absolute atomic E-state index is 6.02. The van der Waals surface area contributed by atoms with Gasteiger partial charge in [-0.2, -0.15) is 0 Å². The van der Waals surface area contributed by atoms with Crippen LogP contribution in [-0.2, 0) is 0 Å². The molecule has 2 rings (SSSR count). The van der Waals surface area contributed by atoms with E-state index >= 15 is 0 Å². The van der Waals surface area contributed by atoms with E-state index in [4.69, 9.17) is 11.6 Å². The van der Waals surface area contributed by atoms with Crippen molar-refractivity contribution in [3.63, 3.8) is 0 Å². The predicted octanol–water partition coefficient (Wildman–Crippen LogP) is 1.89. The number of likely N-dealkylation sites (tertiary alicyclic amines) is 2. The third-order valence-electron chi connectivity index (χ3n) is 3.96. The first kappa shape index (κ1) is 11.7. The number of rotatable bonds is 3. The van der Waals surface area contributed by atoms with Crippen LogP contribution in [0.5, 0.6) is 0 Å². The molecule has 3 heteroatoms. The fourth-order valence-corrected chi connectivity index (χ4v) is 3.15. The first-order valence-corrected chi connectivity index (χ1v) is 6.62. The molecule has 0 N–H and O–H groups in total. The van der Waals surface area contributed by atoms with Crippen molar-refractivity contribution >= 4 is 11.6 Å². The van der Waals surface area contributed by atoms with Gasteiger partial charge < -0.3 is 9.80 Å². The molecule has 2 fully saturated rings. The highest BCUT2D eigenvalue weighted by molar-refractivity contribution is 6.18. The summed E-state index contributed by atoms with van der Waals surface area (Å²) in [5.41, 5.74) is 0.381. The van der Waals surface area contributed by atoms with Gasteiger partial charge in [-0.05, 0) is 44.3 Å². The largest absolute Gasteiger partial charge is 0.306 e. The molecule has 15 heavy (non-hydrogen) atoms. The van der Waals surface area contributed by atoms with Gasteiger partial charge in [0.1, 0.15) is 0 Å². The zero-order chi connectivity index (χ0) is 10.9. The van der Waals surface area contributed by atoms with Crippen LogP contribution in [-0.4, -0.2) is 55.5 Å². The minimum Gasteiger partial charge on any atom is -0.306 e. The van der Waals surface area contributed by atoms with Crippen molar-refractivity contribution in [2.24, 2.45) is 11.3 Å². The van der Waals surface area contributed by atoms with E-state index < -0.39 is 0 Å². The summed E-state index contributed by atoms with van der Waals surface area (Å²) >= 11 is 6.02. The summed E-state index contributed by atoms with van der Waals surface area (Å²) in [5.74, 6) is 1.71. The third-order valence-corrected chi connectivity index (χ3v) is 4.61. The molecular formula is C12H23ClN2. The average Bonchev–Trinajstić information content (AvgIpc) is 2.76. The number of halogens is 1. The number of hydrogen-bond acceptors (Lipinski definition) is 2. The molecule has 2 saturated heterocycles. The Kier molecular flexibility index (Phi) is 3.59. The molecule has 2 aliphatic rings. The molecule has 0 aliphatic carbocycles. The van der Waals surface area contributed by atoms with Crippen LogP contribution in [0.2, 0.25) is 0 Å². The molecule has 0 aromatic carbocycles. The fraction of sp³-hybridized carbons (Fsp3) is 1.00. The maximum Gasteiger partial charge on any atom is 0.0290 e. The monoisotopic (exact) mass is 230 g/mol. The van der Waals surface area contributed by atoms with Gasteiger partial charge in [-0.25, -0.2) is 0 Å². The van der Waals surface area contributed by atoms with Crippen LogP contribution < -0.4 is 0 Å². The van der Waals surface area contributed by atoms with Crippen LogP contribution >= 0.6 is 11.6 Å². The summed E-state index contributed by atoms with van der Waals surface area (Å²) in [6.45, 7) is 8.64. The molecule has 0 radical (unpaired) electrons. The van der Waals surface area contributed by atoms with Gasteiger partial charge in [0.15, 0.2) is 0 Å². The first-order chi connectivity index (χ1) is 7.11. The molecule has 0 saturated carbocycles. The molecule has 2 aliphatic heterocycles. The molecule has 2 nitrogen and oxygen atoms in total. The molecule has 2 atom stereocenters. The second kappa shape index (κ2) is 4.60. The van der Waals surface area contributed by atoms with Crippen LogP contribution in [0.3, 0.4) is 0 Å². The molecule has 2 unspecified atom stereocenters. The SMILES string of the molecule is CN1CCC(CN2CCC(C)(CCl)C2)C1. The summed E-state index contributed by atoms with van der Waals surface area (Å²) < 4.78 is 0. The highest BCUT2D eigenvalue weighted by atomic mass is 35.5.